The number of nitrogens with one attached hydrogen (secondary N) is 1. The van der Waals surface area contributed by atoms with Crippen LogP contribution < -0.4 is 5.32 Å². The average Bonchev–Trinajstić information content (AvgIpc) is 3.07. The Labute approximate surface area is 148 Å². The van der Waals surface area contributed by atoms with Crippen LogP contribution in [-0.2, 0) is 11.3 Å². The molecule has 0 spiro atoms. The van der Waals surface area contributed by atoms with Crippen molar-refractivity contribution in [1.29, 1.82) is 0 Å². The number of amides is 2. The van der Waals surface area contributed by atoms with E-state index in [9.17, 15) is 9.59 Å². The van der Waals surface area contributed by atoms with Gasteiger partial charge in [-0.25, -0.2) is 0 Å². The summed E-state index contributed by atoms with van der Waals surface area (Å²) in [6.07, 6.45) is 1.06. The second kappa shape index (κ2) is 8.84. The van der Waals surface area contributed by atoms with Gasteiger partial charge in [0.05, 0.1) is 0 Å². The standard InChI is InChI=1S/C17H19BrN2O2S/c1-20(11-13-5-2-3-6-15(13)18)16(21)7-4-9-19-17(22)14-8-10-23-12-14/h2-3,5-6,8,10,12H,4,7,9,11H2,1H3,(H,19,22). The molecule has 0 aliphatic rings. The minimum Gasteiger partial charge on any atom is -0.352 e. The Bertz CT molecular complexity index is 658. The van der Waals surface area contributed by atoms with Crippen molar-refractivity contribution in [3.05, 3.63) is 56.7 Å². The number of nitrogens with zero attached hydrogens (tertiary/aromatic N) is 1. The van der Waals surface area contributed by atoms with Gasteiger partial charge in [0.2, 0.25) is 5.91 Å². The largest absolute Gasteiger partial charge is 0.352 e. The third-order valence-corrected chi connectivity index (χ3v) is 4.88. The van der Waals surface area contributed by atoms with Gasteiger partial charge in [-0.3, -0.25) is 9.59 Å². The maximum atomic E-state index is 12.1. The molecular weight excluding hydrogens is 376 g/mol. The van der Waals surface area contributed by atoms with Crippen molar-refractivity contribution in [3.8, 4) is 0 Å². The minimum absolute atomic E-state index is 0.0746. The van der Waals surface area contributed by atoms with Crippen molar-refractivity contribution in [1.82, 2.24) is 10.2 Å². The molecule has 0 bridgehead atoms. The Morgan fingerprint density at radius 3 is 2.74 bits per heavy atom. The molecule has 1 N–H and O–H groups in total. The van der Waals surface area contributed by atoms with E-state index < -0.39 is 0 Å². The van der Waals surface area contributed by atoms with Crippen molar-refractivity contribution in [3.63, 3.8) is 0 Å². The van der Waals surface area contributed by atoms with E-state index in [1.165, 1.54) is 11.3 Å². The lowest BCUT2D eigenvalue weighted by atomic mass is 10.2. The van der Waals surface area contributed by atoms with Gasteiger partial charge in [0.15, 0.2) is 0 Å². The highest BCUT2D eigenvalue weighted by atomic mass is 79.9. The van der Waals surface area contributed by atoms with E-state index in [4.69, 9.17) is 0 Å². The molecule has 0 radical (unpaired) electrons. The van der Waals surface area contributed by atoms with Crippen molar-refractivity contribution in [2.75, 3.05) is 13.6 Å². The molecule has 122 valence electrons. The minimum atomic E-state index is -0.0831. The number of hydrogen-bond donors (Lipinski definition) is 1. The zero-order chi connectivity index (χ0) is 16.7. The first-order valence-corrected chi connectivity index (χ1v) is 9.09. The Balaban J connectivity index is 1.70. The van der Waals surface area contributed by atoms with Gasteiger partial charge in [-0.15, -0.1) is 0 Å². The molecule has 0 saturated carbocycles. The highest BCUT2D eigenvalue weighted by Gasteiger charge is 2.11. The summed E-state index contributed by atoms with van der Waals surface area (Å²) >= 11 is 4.98. The molecule has 0 unspecified atom stereocenters. The molecule has 0 fully saturated rings. The quantitative estimate of drug-likeness (QED) is 0.728. The number of benzene rings is 1. The summed E-state index contributed by atoms with van der Waals surface area (Å²) in [4.78, 5) is 25.6. The van der Waals surface area contributed by atoms with E-state index >= 15 is 0 Å². The Morgan fingerprint density at radius 1 is 1.26 bits per heavy atom. The lowest BCUT2D eigenvalue weighted by Crippen LogP contribution is -2.28. The lowest BCUT2D eigenvalue weighted by molar-refractivity contribution is -0.130. The van der Waals surface area contributed by atoms with Gasteiger partial charge < -0.3 is 10.2 Å². The molecule has 23 heavy (non-hydrogen) atoms. The first-order chi connectivity index (χ1) is 11.1. The molecule has 6 heteroatoms. The second-order valence-electron chi connectivity index (χ2n) is 5.21. The smallest absolute Gasteiger partial charge is 0.252 e. The summed E-state index contributed by atoms with van der Waals surface area (Å²) in [5, 5.41) is 6.51. The van der Waals surface area contributed by atoms with Gasteiger partial charge in [-0.05, 0) is 29.5 Å². The number of hydrogen-bond acceptors (Lipinski definition) is 3. The van der Waals surface area contributed by atoms with Crippen LogP contribution in [0.5, 0.6) is 0 Å². The zero-order valence-corrected chi connectivity index (χ0v) is 15.3. The monoisotopic (exact) mass is 394 g/mol. The summed E-state index contributed by atoms with van der Waals surface area (Å²) in [6.45, 7) is 1.07. The van der Waals surface area contributed by atoms with E-state index in [1.807, 2.05) is 35.0 Å². The van der Waals surface area contributed by atoms with Crippen LogP contribution in [0.2, 0.25) is 0 Å². The fourth-order valence-electron chi connectivity index (χ4n) is 2.10. The molecule has 2 amide bonds. The number of halogens is 1. The fraction of sp³-hybridized carbons (Fsp3) is 0.294. The third kappa shape index (κ3) is 5.48. The molecule has 2 rings (SSSR count). The van der Waals surface area contributed by atoms with E-state index in [1.54, 1.807) is 18.0 Å². The van der Waals surface area contributed by atoms with Crippen LogP contribution in [0, 0.1) is 0 Å². The predicted octanol–water partition coefficient (Wildman–Crippen LogP) is 3.68. The summed E-state index contributed by atoms with van der Waals surface area (Å²) in [5.41, 5.74) is 1.75. The van der Waals surface area contributed by atoms with Gasteiger partial charge in [0, 0.05) is 42.0 Å². The van der Waals surface area contributed by atoms with Gasteiger partial charge in [0.1, 0.15) is 0 Å². The number of thiophene rings is 1. The number of carbonyl (C=O) groups is 2. The first-order valence-electron chi connectivity index (χ1n) is 7.35. The van der Waals surface area contributed by atoms with E-state index in [0.717, 1.165) is 10.0 Å². The van der Waals surface area contributed by atoms with Crippen LogP contribution in [-0.4, -0.2) is 30.3 Å². The summed E-state index contributed by atoms with van der Waals surface area (Å²) in [6, 6.07) is 9.66. The van der Waals surface area contributed by atoms with E-state index in [-0.39, 0.29) is 11.8 Å². The summed E-state index contributed by atoms with van der Waals surface area (Å²) in [5.74, 6) is -0.00851. The second-order valence-corrected chi connectivity index (χ2v) is 6.85. The summed E-state index contributed by atoms with van der Waals surface area (Å²) in [7, 11) is 1.80. The van der Waals surface area contributed by atoms with Crippen molar-refractivity contribution in [2.45, 2.75) is 19.4 Å². The topological polar surface area (TPSA) is 49.4 Å². The molecule has 2 aromatic rings. The van der Waals surface area contributed by atoms with Gasteiger partial charge >= 0.3 is 0 Å². The Hall–Kier alpha value is -1.66. The van der Waals surface area contributed by atoms with Crippen LogP contribution in [0.3, 0.4) is 0 Å². The lowest BCUT2D eigenvalue weighted by Gasteiger charge is -2.18. The molecule has 1 aromatic heterocycles. The first kappa shape index (κ1) is 17.7. The van der Waals surface area contributed by atoms with Gasteiger partial charge in [-0.1, -0.05) is 34.1 Å². The highest BCUT2D eigenvalue weighted by molar-refractivity contribution is 9.10. The zero-order valence-electron chi connectivity index (χ0n) is 12.9. The Morgan fingerprint density at radius 2 is 2.04 bits per heavy atom. The van der Waals surface area contributed by atoms with E-state index in [2.05, 4.69) is 21.2 Å². The molecule has 1 heterocycles. The van der Waals surface area contributed by atoms with Crippen LogP contribution in [0.1, 0.15) is 28.8 Å². The third-order valence-electron chi connectivity index (χ3n) is 3.43. The Kier molecular flexibility index (Phi) is 6.80. The van der Waals surface area contributed by atoms with Crippen molar-refractivity contribution < 1.29 is 9.59 Å². The molecule has 0 aliphatic carbocycles. The molecule has 1 aromatic carbocycles. The van der Waals surface area contributed by atoms with Crippen molar-refractivity contribution >= 4 is 39.1 Å². The number of carbonyl (C=O) groups excluding carboxylic acids is 2. The van der Waals surface area contributed by atoms with Crippen LogP contribution >= 0.6 is 27.3 Å². The maximum absolute atomic E-state index is 12.1. The maximum Gasteiger partial charge on any atom is 0.252 e. The van der Waals surface area contributed by atoms with Crippen LogP contribution in [0.15, 0.2) is 45.6 Å². The average molecular weight is 395 g/mol. The molecule has 0 saturated heterocycles. The molecular formula is C17H19BrN2O2S. The van der Waals surface area contributed by atoms with Crippen LogP contribution in [0.25, 0.3) is 0 Å². The van der Waals surface area contributed by atoms with Crippen LogP contribution in [0.4, 0.5) is 0 Å². The van der Waals surface area contributed by atoms with Gasteiger partial charge in [-0.2, -0.15) is 11.3 Å². The number of rotatable bonds is 7. The molecule has 0 aliphatic heterocycles. The SMILES string of the molecule is CN(Cc1ccccc1Br)C(=O)CCCNC(=O)c1ccsc1. The van der Waals surface area contributed by atoms with Crippen molar-refractivity contribution in [2.24, 2.45) is 0 Å². The van der Waals surface area contributed by atoms with Gasteiger partial charge in [0.25, 0.3) is 5.91 Å². The van der Waals surface area contributed by atoms with E-state index in [0.29, 0.717) is 31.5 Å². The predicted molar refractivity (Wildman–Crippen MR) is 96.5 cm³/mol. The molecule has 0 atom stereocenters. The fourth-order valence-corrected chi connectivity index (χ4v) is 3.14. The highest BCUT2D eigenvalue weighted by Crippen LogP contribution is 2.17. The molecule has 4 nitrogen and oxygen atoms in total. The summed E-state index contributed by atoms with van der Waals surface area (Å²) < 4.78 is 1.00. The normalized spacial score (nSPS) is 10.3.